The number of carbonyl (C=O) groups is 2. The Bertz CT molecular complexity index is 1220. The molecular weight excluding hydrogens is 480 g/mol. The van der Waals surface area contributed by atoms with E-state index in [1.54, 1.807) is 19.1 Å². The predicted molar refractivity (Wildman–Crippen MR) is 136 cm³/mol. The van der Waals surface area contributed by atoms with E-state index in [2.05, 4.69) is 14.9 Å². The number of sulfonamides is 1. The number of likely N-dealkylation sites (N-methyl/N-ethyl adjacent to an activating group) is 1. The second-order valence-corrected chi connectivity index (χ2v) is 12.0. The lowest BCUT2D eigenvalue weighted by atomic mass is 9.94. The third-order valence-electron chi connectivity index (χ3n) is 7.13. The molecule has 2 fully saturated rings. The van der Waals surface area contributed by atoms with Crippen molar-refractivity contribution in [2.24, 2.45) is 5.92 Å². The predicted octanol–water partition coefficient (Wildman–Crippen LogP) is 3.46. The van der Waals surface area contributed by atoms with Crippen LogP contribution in [0.3, 0.4) is 0 Å². The van der Waals surface area contributed by atoms with Gasteiger partial charge in [-0.15, -0.1) is 0 Å². The van der Waals surface area contributed by atoms with Crippen LogP contribution in [-0.4, -0.2) is 65.7 Å². The Morgan fingerprint density at radius 1 is 1.06 bits per heavy atom. The summed E-state index contributed by atoms with van der Waals surface area (Å²) in [4.78, 5) is 35.2. The fraction of sp³-hybridized carbons (Fsp3) is 0.538. The molecule has 4 rings (SSSR count). The molecule has 0 bridgehead atoms. The number of hydrogen-bond acceptors (Lipinski definition) is 7. The number of ketones is 1. The van der Waals surface area contributed by atoms with Crippen LogP contribution in [0.1, 0.15) is 66.6 Å². The fourth-order valence-electron chi connectivity index (χ4n) is 4.80. The molecule has 194 valence electrons. The molecule has 36 heavy (non-hydrogen) atoms. The molecule has 2 aliphatic carbocycles. The van der Waals surface area contributed by atoms with Gasteiger partial charge in [0.2, 0.25) is 10.0 Å². The summed E-state index contributed by atoms with van der Waals surface area (Å²) in [6.07, 6.45) is 10.1. The highest BCUT2D eigenvalue weighted by molar-refractivity contribution is 7.89. The average Bonchev–Trinajstić information content (AvgIpc) is 3.68. The van der Waals surface area contributed by atoms with Crippen LogP contribution in [0.4, 0.5) is 5.82 Å². The summed E-state index contributed by atoms with van der Waals surface area (Å²) < 4.78 is 26.1. The van der Waals surface area contributed by atoms with Gasteiger partial charge in [0, 0.05) is 32.1 Å². The smallest absolute Gasteiger partial charge is 0.318 e. The van der Waals surface area contributed by atoms with E-state index in [1.807, 2.05) is 0 Å². The van der Waals surface area contributed by atoms with Gasteiger partial charge in [-0.25, -0.2) is 18.4 Å². The number of rotatable bonds is 11. The number of carboxylic acid groups (broad SMARTS) is 1. The zero-order chi connectivity index (χ0) is 25.9. The zero-order valence-corrected chi connectivity index (χ0v) is 21.7. The summed E-state index contributed by atoms with van der Waals surface area (Å²) in [5.74, 6) is 0.124. The van der Waals surface area contributed by atoms with E-state index in [0.717, 1.165) is 29.5 Å². The van der Waals surface area contributed by atoms with Crippen LogP contribution in [0.5, 0.6) is 0 Å². The van der Waals surface area contributed by atoms with Crippen molar-refractivity contribution in [1.82, 2.24) is 14.3 Å². The van der Waals surface area contributed by atoms with E-state index in [1.165, 1.54) is 57.6 Å². The van der Waals surface area contributed by atoms with Crippen molar-refractivity contribution in [2.45, 2.75) is 69.2 Å². The molecule has 0 aliphatic heterocycles. The molecule has 1 aromatic carbocycles. The Morgan fingerprint density at radius 2 is 1.78 bits per heavy atom. The molecule has 0 unspecified atom stereocenters. The van der Waals surface area contributed by atoms with E-state index in [4.69, 9.17) is 5.11 Å². The first-order valence-corrected chi connectivity index (χ1v) is 14.0. The van der Waals surface area contributed by atoms with Crippen LogP contribution >= 0.6 is 0 Å². The maximum Gasteiger partial charge on any atom is 0.318 e. The van der Waals surface area contributed by atoms with Crippen molar-refractivity contribution < 1.29 is 23.1 Å². The lowest BCUT2D eigenvalue weighted by Gasteiger charge is -2.35. The van der Waals surface area contributed by atoms with Crippen LogP contribution in [0.15, 0.2) is 35.5 Å². The minimum Gasteiger partial charge on any atom is -0.480 e. The zero-order valence-electron chi connectivity index (χ0n) is 20.9. The maximum absolute atomic E-state index is 13.2. The SMILES string of the molecule is Cc1cc(S(=O)(=O)N(C)CC(=O)O)ccc1CC(=O)c1cc(N(CC2CC2)C2CCCCC2)ncn1. The maximum atomic E-state index is 13.2. The average molecular weight is 515 g/mol. The molecule has 1 N–H and O–H groups in total. The molecule has 2 saturated carbocycles. The molecule has 0 radical (unpaired) electrons. The molecular formula is C26H34N4O5S. The third kappa shape index (κ3) is 6.28. The minimum atomic E-state index is -3.94. The number of hydrogen-bond donors (Lipinski definition) is 1. The number of nitrogens with zero attached hydrogens (tertiary/aromatic N) is 4. The topological polar surface area (TPSA) is 121 Å². The highest BCUT2D eigenvalue weighted by Gasteiger charge is 2.30. The van der Waals surface area contributed by atoms with Gasteiger partial charge >= 0.3 is 5.97 Å². The van der Waals surface area contributed by atoms with Gasteiger partial charge < -0.3 is 10.0 Å². The number of Topliss-reactive ketones (excluding diaryl/α,β-unsaturated/α-hetero) is 1. The first-order valence-electron chi connectivity index (χ1n) is 12.5. The van der Waals surface area contributed by atoms with Gasteiger partial charge in [-0.2, -0.15) is 4.31 Å². The van der Waals surface area contributed by atoms with Crippen molar-refractivity contribution in [3.05, 3.63) is 47.4 Å². The molecule has 2 aromatic rings. The second-order valence-electron chi connectivity index (χ2n) is 9.99. The van der Waals surface area contributed by atoms with E-state index in [0.29, 0.717) is 28.8 Å². The Hall–Kier alpha value is -2.85. The van der Waals surface area contributed by atoms with Gasteiger partial charge in [-0.1, -0.05) is 25.3 Å². The molecule has 0 atom stereocenters. The van der Waals surface area contributed by atoms with Crippen LogP contribution in [-0.2, 0) is 21.2 Å². The number of carbonyl (C=O) groups excluding carboxylic acids is 1. The second kappa shape index (κ2) is 11.0. The van der Waals surface area contributed by atoms with Crippen molar-refractivity contribution >= 4 is 27.6 Å². The quantitative estimate of drug-likeness (QED) is 0.453. The van der Waals surface area contributed by atoms with E-state index in [9.17, 15) is 18.0 Å². The van der Waals surface area contributed by atoms with Crippen molar-refractivity contribution in [3.63, 3.8) is 0 Å². The molecule has 0 saturated heterocycles. The highest BCUT2D eigenvalue weighted by atomic mass is 32.2. The molecule has 0 spiro atoms. The Labute approximate surface area is 212 Å². The molecule has 2 aliphatic rings. The molecule has 9 nitrogen and oxygen atoms in total. The van der Waals surface area contributed by atoms with E-state index < -0.39 is 22.5 Å². The largest absolute Gasteiger partial charge is 0.480 e. The minimum absolute atomic E-state index is 0.00697. The number of aryl methyl sites for hydroxylation is 1. The van der Waals surface area contributed by atoms with E-state index in [-0.39, 0.29) is 17.1 Å². The molecule has 10 heteroatoms. The van der Waals surface area contributed by atoms with Gasteiger partial charge in [0.1, 0.15) is 24.4 Å². The Kier molecular flexibility index (Phi) is 8.04. The van der Waals surface area contributed by atoms with Crippen LogP contribution in [0, 0.1) is 12.8 Å². The van der Waals surface area contributed by atoms with Crippen LogP contribution in [0.2, 0.25) is 0 Å². The highest BCUT2D eigenvalue weighted by Crippen LogP contribution is 2.34. The van der Waals surface area contributed by atoms with Crippen molar-refractivity contribution in [3.8, 4) is 0 Å². The first-order chi connectivity index (χ1) is 17.1. The fourth-order valence-corrected chi connectivity index (χ4v) is 6.01. The molecule has 1 aromatic heterocycles. The summed E-state index contributed by atoms with van der Waals surface area (Å²) in [6.45, 7) is 2.08. The van der Waals surface area contributed by atoms with Gasteiger partial charge in [0.15, 0.2) is 5.78 Å². The first kappa shape index (κ1) is 26.2. The van der Waals surface area contributed by atoms with Crippen LogP contribution in [0.25, 0.3) is 0 Å². The van der Waals surface area contributed by atoms with Gasteiger partial charge in [0.25, 0.3) is 0 Å². The number of benzene rings is 1. The molecule has 0 amide bonds. The monoisotopic (exact) mass is 514 g/mol. The standard InChI is InChI=1S/C26H34N4O5S/c1-18-12-22(36(34,35)29(2)16-26(32)33)11-10-20(18)13-24(31)23-14-25(28-17-27-23)30(15-19-8-9-19)21-6-4-3-5-7-21/h10-12,14,17,19,21H,3-9,13,15-16H2,1-2H3,(H,32,33). The van der Waals surface area contributed by atoms with Crippen molar-refractivity contribution in [1.29, 1.82) is 0 Å². The Morgan fingerprint density at radius 3 is 2.42 bits per heavy atom. The lowest BCUT2D eigenvalue weighted by molar-refractivity contribution is -0.137. The lowest BCUT2D eigenvalue weighted by Crippen LogP contribution is -2.39. The number of anilines is 1. The summed E-state index contributed by atoms with van der Waals surface area (Å²) >= 11 is 0. The van der Waals surface area contributed by atoms with Gasteiger partial charge in [0.05, 0.1) is 4.90 Å². The number of carboxylic acids is 1. The molecule has 1 heterocycles. The number of aromatic nitrogens is 2. The summed E-state index contributed by atoms with van der Waals surface area (Å²) in [7, 11) is -2.72. The summed E-state index contributed by atoms with van der Waals surface area (Å²) in [6, 6.07) is 6.75. The van der Waals surface area contributed by atoms with Gasteiger partial charge in [-0.05, 0) is 61.8 Å². The number of aliphatic carboxylic acids is 1. The van der Waals surface area contributed by atoms with Gasteiger partial charge in [-0.3, -0.25) is 9.59 Å². The summed E-state index contributed by atoms with van der Waals surface area (Å²) in [5.41, 5.74) is 1.69. The van der Waals surface area contributed by atoms with Crippen LogP contribution < -0.4 is 4.90 Å². The Balaban J connectivity index is 1.50. The third-order valence-corrected chi connectivity index (χ3v) is 8.93. The van der Waals surface area contributed by atoms with E-state index >= 15 is 0 Å². The normalized spacial score (nSPS) is 16.8. The summed E-state index contributed by atoms with van der Waals surface area (Å²) in [5, 5.41) is 8.92. The van der Waals surface area contributed by atoms with Crippen molar-refractivity contribution in [2.75, 3.05) is 25.0 Å².